The number of carbonyl (C=O) groups is 1. The zero-order valence-corrected chi connectivity index (χ0v) is 20.0. The third-order valence-corrected chi connectivity index (χ3v) is 7.08. The first-order valence-electron chi connectivity index (χ1n) is 12.3. The molecule has 1 aliphatic carbocycles. The summed E-state index contributed by atoms with van der Waals surface area (Å²) in [6, 6.07) is 17.4. The molecule has 0 unspecified atom stereocenters. The molecule has 1 aliphatic heterocycles. The average molecular weight is 480 g/mol. The van der Waals surface area contributed by atoms with Gasteiger partial charge in [0.15, 0.2) is 11.4 Å². The van der Waals surface area contributed by atoms with Gasteiger partial charge in [-0.2, -0.15) is 10.2 Å². The van der Waals surface area contributed by atoms with Gasteiger partial charge in [-0.3, -0.25) is 14.2 Å². The van der Waals surface area contributed by atoms with Gasteiger partial charge >= 0.3 is 0 Å². The van der Waals surface area contributed by atoms with Crippen LogP contribution in [0, 0.1) is 30.1 Å². The molecule has 1 amide bonds. The van der Waals surface area contributed by atoms with Crippen LogP contribution in [-0.2, 0) is 11.3 Å². The molecular weight excluding hydrogens is 454 g/mol. The van der Waals surface area contributed by atoms with Gasteiger partial charge in [-0.15, -0.1) is 0 Å². The van der Waals surface area contributed by atoms with Crippen LogP contribution in [0.15, 0.2) is 57.7 Å². The maximum absolute atomic E-state index is 13.5. The highest BCUT2D eigenvalue weighted by molar-refractivity contribution is 5.81. The quantitative estimate of drug-likeness (QED) is 0.426. The Morgan fingerprint density at radius 2 is 1.69 bits per heavy atom. The molecule has 0 radical (unpaired) electrons. The largest absolute Gasteiger partial charge is 0.422 e. The molecule has 3 heterocycles. The molecule has 8 nitrogen and oxygen atoms in total. The van der Waals surface area contributed by atoms with Crippen LogP contribution in [0.4, 0.5) is 0 Å². The molecule has 1 saturated carbocycles. The van der Waals surface area contributed by atoms with Gasteiger partial charge in [0.05, 0.1) is 11.6 Å². The Labute approximate surface area is 207 Å². The van der Waals surface area contributed by atoms with Gasteiger partial charge in [-0.05, 0) is 48.4 Å². The number of carbonyl (C=O) groups excluding carboxylic acids is 1. The lowest BCUT2D eigenvalue weighted by Gasteiger charge is -2.18. The number of hydrogen-bond acceptors (Lipinski definition) is 6. The first kappa shape index (κ1) is 22.2. The van der Waals surface area contributed by atoms with E-state index in [2.05, 4.69) is 11.1 Å². The number of oxazole rings is 1. The highest BCUT2D eigenvalue weighted by Gasteiger charge is 2.37. The molecule has 1 saturated heterocycles. The summed E-state index contributed by atoms with van der Waals surface area (Å²) in [5.41, 5.74) is 3.64. The molecule has 6 rings (SSSR count). The molecule has 2 aromatic carbocycles. The Morgan fingerprint density at radius 1 is 1.03 bits per heavy atom. The summed E-state index contributed by atoms with van der Waals surface area (Å²) in [7, 11) is 0. The van der Waals surface area contributed by atoms with Crippen molar-refractivity contribution in [2.24, 2.45) is 11.8 Å². The molecule has 2 aliphatic rings. The van der Waals surface area contributed by atoms with Crippen molar-refractivity contribution in [3.8, 4) is 28.6 Å². The van der Waals surface area contributed by atoms with Crippen LogP contribution in [-0.4, -0.2) is 38.4 Å². The molecule has 36 heavy (non-hydrogen) atoms. The number of amides is 1. The highest BCUT2D eigenvalue weighted by atomic mass is 16.4. The second-order valence-corrected chi connectivity index (χ2v) is 9.72. The fourth-order valence-electron chi connectivity index (χ4n) is 4.98. The van der Waals surface area contributed by atoms with Gasteiger partial charge < -0.3 is 9.32 Å². The second-order valence-electron chi connectivity index (χ2n) is 9.72. The molecule has 180 valence electrons. The fraction of sp³-hybridized carbons (Fsp3) is 0.321. The van der Waals surface area contributed by atoms with Gasteiger partial charge in [-0.1, -0.05) is 36.4 Å². The van der Waals surface area contributed by atoms with Crippen LogP contribution < -0.4 is 5.56 Å². The first-order valence-corrected chi connectivity index (χ1v) is 12.3. The van der Waals surface area contributed by atoms with E-state index in [0.29, 0.717) is 30.4 Å². The summed E-state index contributed by atoms with van der Waals surface area (Å²) in [4.78, 5) is 37.0. The molecule has 2 aromatic heterocycles. The van der Waals surface area contributed by atoms with E-state index in [4.69, 9.17) is 14.7 Å². The van der Waals surface area contributed by atoms with Crippen molar-refractivity contribution in [1.82, 2.24) is 19.4 Å². The number of nitrogens with zero attached hydrogens (tertiary/aromatic N) is 5. The number of hydrogen-bond donors (Lipinski definition) is 0. The Bertz CT molecular complexity index is 1560. The van der Waals surface area contributed by atoms with Crippen LogP contribution >= 0.6 is 0 Å². The van der Waals surface area contributed by atoms with Gasteiger partial charge in [0.25, 0.3) is 11.3 Å². The Balaban J connectivity index is 1.34. The summed E-state index contributed by atoms with van der Waals surface area (Å²) in [5, 5.41) is 9.04. The van der Waals surface area contributed by atoms with E-state index in [1.165, 1.54) is 0 Å². The topological polar surface area (TPSA) is 105 Å². The van der Waals surface area contributed by atoms with E-state index in [1.54, 1.807) is 23.6 Å². The molecule has 4 aromatic rings. The van der Waals surface area contributed by atoms with E-state index in [-0.39, 0.29) is 34.5 Å². The number of aryl methyl sites for hydroxylation is 1. The number of rotatable bonds is 5. The predicted molar refractivity (Wildman–Crippen MR) is 134 cm³/mol. The summed E-state index contributed by atoms with van der Waals surface area (Å²) < 4.78 is 7.31. The minimum absolute atomic E-state index is 0.175. The zero-order chi connectivity index (χ0) is 24.8. The fourth-order valence-corrected chi connectivity index (χ4v) is 4.98. The van der Waals surface area contributed by atoms with Gasteiger partial charge in [0.1, 0.15) is 5.82 Å². The van der Waals surface area contributed by atoms with Crippen molar-refractivity contribution in [2.75, 3.05) is 13.1 Å². The molecular formula is C28H25N5O3. The normalized spacial score (nSPS) is 17.4. The van der Waals surface area contributed by atoms with E-state index >= 15 is 0 Å². The molecule has 0 bridgehead atoms. The smallest absolute Gasteiger partial charge is 0.283 e. The summed E-state index contributed by atoms with van der Waals surface area (Å²) >= 11 is 0. The van der Waals surface area contributed by atoms with Crippen molar-refractivity contribution < 1.29 is 9.21 Å². The molecule has 2 fully saturated rings. The van der Waals surface area contributed by atoms with Crippen molar-refractivity contribution in [1.29, 1.82) is 5.26 Å². The number of likely N-dealkylation sites (tertiary alicyclic amines) is 1. The Kier molecular flexibility index (Phi) is 5.41. The maximum Gasteiger partial charge on any atom is 0.283 e. The van der Waals surface area contributed by atoms with Crippen LogP contribution in [0.3, 0.4) is 0 Å². The minimum atomic E-state index is -0.227. The van der Waals surface area contributed by atoms with Crippen molar-refractivity contribution in [3.05, 3.63) is 70.3 Å². The Morgan fingerprint density at radius 3 is 2.36 bits per heavy atom. The number of aromatic nitrogens is 3. The monoisotopic (exact) mass is 479 g/mol. The minimum Gasteiger partial charge on any atom is -0.422 e. The summed E-state index contributed by atoms with van der Waals surface area (Å²) in [5.74, 6) is 1.56. The second kappa shape index (κ2) is 8.76. The van der Waals surface area contributed by atoms with Crippen LogP contribution in [0.1, 0.15) is 30.7 Å². The van der Waals surface area contributed by atoms with Crippen molar-refractivity contribution >= 4 is 17.1 Å². The standard InChI is InChI=1S/C28H25N5O3/c1-17-30-24-26(36-17)31-25(22-8-6-21(7-9-22)20-4-2-18(14-29)3-5-20)33(28(24)35)16-19-12-13-32(15-19)27(34)23-10-11-23/h2-9,19,23H,10-13,15-16H2,1H3/t19-/m1/s1. The SMILES string of the molecule is Cc1nc2c(=O)n(C[C@@H]3CCN(C(=O)C4CC4)C3)c(-c3ccc(-c4ccc(C#N)cc4)cc3)nc2o1. The highest BCUT2D eigenvalue weighted by Crippen LogP contribution is 2.33. The average Bonchev–Trinajstić information content (AvgIpc) is 3.53. The van der Waals surface area contributed by atoms with Crippen molar-refractivity contribution in [2.45, 2.75) is 32.7 Å². The third-order valence-electron chi connectivity index (χ3n) is 7.08. The third kappa shape index (κ3) is 4.07. The first-order chi connectivity index (χ1) is 17.5. The molecule has 0 N–H and O–H groups in total. The van der Waals surface area contributed by atoms with Crippen LogP contribution in [0.25, 0.3) is 33.7 Å². The molecule has 1 atom stereocenters. The molecule has 8 heteroatoms. The van der Waals surface area contributed by atoms with Gasteiger partial charge in [0, 0.05) is 38.0 Å². The number of benzene rings is 2. The Hall–Kier alpha value is -4.25. The lowest BCUT2D eigenvalue weighted by Crippen LogP contribution is -2.32. The number of fused-ring (bicyclic) bond motifs is 1. The number of nitriles is 1. The van der Waals surface area contributed by atoms with Crippen LogP contribution in [0.5, 0.6) is 0 Å². The summed E-state index contributed by atoms with van der Waals surface area (Å²) in [6.07, 6.45) is 2.85. The van der Waals surface area contributed by atoms with E-state index in [1.807, 2.05) is 41.3 Å². The van der Waals surface area contributed by atoms with E-state index < -0.39 is 0 Å². The predicted octanol–water partition coefficient (Wildman–Crippen LogP) is 4.16. The van der Waals surface area contributed by atoms with Gasteiger partial charge in [0.2, 0.25) is 5.91 Å². The van der Waals surface area contributed by atoms with Gasteiger partial charge in [-0.25, -0.2) is 4.98 Å². The van der Waals surface area contributed by atoms with Crippen LogP contribution in [0.2, 0.25) is 0 Å². The zero-order valence-electron chi connectivity index (χ0n) is 20.0. The van der Waals surface area contributed by atoms with E-state index in [0.717, 1.165) is 42.5 Å². The lowest BCUT2D eigenvalue weighted by atomic mass is 10.0. The van der Waals surface area contributed by atoms with E-state index in [9.17, 15) is 9.59 Å². The molecule has 0 spiro atoms. The lowest BCUT2D eigenvalue weighted by molar-refractivity contribution is -0.131. The summed E-state index contributed by atoms with van der Waals surface area (Å²) in [6.45, 7) is 3.57. The van der Waals surface area contributed by atoms with Crippen molar-refractivity contribution in [3.63, 3.8) is 0 Å². The maximum atomic E-state index is 13.5.